The second kappa shape index (κ2) is 6.26. The van der Waals surface area contributed by atoms with Gasteiger partial charge in [0.25, 0.3) is 5.91 Å². The molecule has 0 aromatic heterocycles. The predicted octanol–water partition coefficient (Wildman–Crippen LogP) is 2.16. The van der Waals surface area contributed by atoms with Crippen molar-refractivity contribution in [1.82, 2.24) is 5.32 Å². The lowest BCUT2D eigenvalue weighted by Gasteiger charge is -2.43. The largest absolute Gasteiger partial charge is 0.508 e. The smallest absolute Gasteiger partial charge is 0.251 e. The number of carbonyl (C=O) groups excluding carboxylic acids is 1. The van der Waals surface area contributed by atoms with Crippen LogP contribution in [0.15, 0.2) is 18.2 Å². The summed E-state index contributed by atoms with van der Waals surface area (Å²) in [6, 6.07) is 5.15. The van der Waals surface area contributed by atoms with Gasteiger partial charge in [-0.25, -0.2) is 0 Å². The van der Waals surface area contributed by atoms with Gasteiger partial charge in [-0.15, -0.1) is 0 Å². The summed E-state index contributed by atoms with van der Waals surface area (Å²) in [7, 11) is 0. The van der Waals surface area contributed by atoms with Gasteiger partial charge in [0.1, 0.15) is 5.75 Å². The number of nitrogens with one attached hydrogen (secondary N) is 1. The summed E-state index contributed by atoms with van der Waals surface area (Å²) in [6.45, 7) is 3.89. The van der Waals surface area contributed by atoms with Gasteiger partial charge >= 0.3 is 0 Å². The zero-order valence-electron chi connectivity index (χ0n) is 12.9. The average molecular weight is 305 g/mol. The Morgan fingerprint density at radius 2 is 2.09 bits per heavy atom. The number of hydrogen-bond donors (Lipinski definition) is 2. The first-order chi connectivity index (χ1) is 10.6. The van der Waals surface area contributed by atoms with Gasteiger partial charge in [-0.1, -0.05) is 6.07 Å². The number of phenols is 1. The van der Waals surface area contributed by atoms with E-state index in [4.69, 9.17) is 9.47 Å². The standard InChI is InChI=1S/C17H23NO4/c1-12-14(3-2-4-15(12)19)16(20)18-13-5-8-22-17(11-13)6-9-21-10-7-17/h2-4,13,19H,5-11H2,1H3,(H,18,20)/t13-/m0/s1. The first kappa shape index (κ1) is 15.3. The third kappa shape index (κ3) is 3.10. The molecule has 2 aliphatic rings. The lowest BCUT2D eigenvalue weighted by Crippen LogP contribution is -2.51. The van der Waals surface area contributed by atoms with Crippen LogP contribution in [0.5, 0.6) is 5.75 Å². The molecule has 3 rings (SSSR count). The maximum absolute atomic E-state index is 12.5. The normalized spacial score (nSPS) is 24.1. The first-order valence-electron chi connectivity index (χ1n) is 7.91. The van der Waals surface area contributed by atoms with Crippen LogP contribution >= 0.6 is 0 Å². The lowest BCUT2D eigenvalue weighted by molar-refractivity contribution is -0.139. The molecule has 5 nitrogen and oxygen atoms in total. The van der Waals surface area contributed by atoms with Crippen LogP contribution in [0.3, 0.4) is 0 Å². The Morgan fingerprint density at radius 3 is 2.86 bits per heavy atom. The van der Waals surface area contributed by atoms with Gasteiger partial charge in [0, 0.05) is 37.0 Å². The third-order valence-electron chi connectivity index (χ3n) is 4.78. The highest BCUT2D eigenvalue weighted by molar-refractivity contribution is 5.96. The van der Waals surface area contributed by atoms with Gasteiger partial charge in [0.15, 0.2) is 0 Å². The molecule has 1 atom stereocenters. The van der Waals surface area contributed by atoms with E-state index in [-0.39, 0.29) is 23.3 Å². The van der Waals surface area contributed by atoms with Crippen molar-refractivity contribution in [2.75, 3.05) is 19.8 Å². The Hall–Kier alpha value is -1.59. The highest BCUT2D eigenvalue weighted by Crippen LogP contribution is 2.34. The monoisotopic (exact) mass is 305 g/mol. The fourth-order valence-electron chi connectivity index (χ4n) is 3.38. The van der Waals surface area contributed by atoms with Crippen LogP contribution in [0.2, 0.25) is 0 Å². The van der Waals surface area contributed by atoms with Crippen LogP contribution in [-0.4, -0.2) is 42.5 Å². The summed E-state index contributed by atoms with van der Waals surface area (Å²) in [4.78, 5) is 12.5. The quantitative estimate of drug-likeness (QED) is 0.878. The Labute approximate surface area is 130 Å². The highest BCUT2D eigenvalue weighted by atomic mass is 16.5. The van der Waals surface area contributed by atoms with Crippen LogP contribution in [0.1, 0.15) is 41.6 Å². The second-order valence-corrected chi connectivity index (χ2v) is 6.26. The molecular formula is C17H23NO4. The minimum absolute atomic E-state index is 0.112. The number of hydrogen-bond acceptors (Lipinski definition) is 4. The topological polar surface area (TPSA) is 67.8 Å². The number of benzene rings is 1. The molecule has 1 aromatic rings. The van der Waals surface area contributed by atoms with Crippen molar-refractivity contribution in [3.05, 3.63) is 29.3 Å². The zero-order valence-corrected chi connectivity index (χ0v) is 12.9. The van der Waals surface area contributed by atoms with Crippen LogP contribution in [0.4, 0.5) is 0 Å². The van der Waals surface area contributed by atoms with E-state index in [1.54, 1.807) is 25.1 Å². The third-order valence-corrected chi connectivity index (χ3v) is 4.78. The molecule has 0 radical (unpaired) electrons. The molecule has 2 N–H and O–H groups in total. The van der Waals surface area contributed by atoms with E-state index in [9.17, 15) is 9.90 Å². The van der Waals surface area contributed by atoms with Crippen LogP contribution in [-0.2, 0) is 9.47 Å². The summed E-state index contributed by atoms with van der Waals surface area (Å²) in [6.07, 6.45) is 3.45. The average Bonchev–Trinajstić information content (AvgIpc) is 2.51. The van der Waals surface area contributed by atoms with Gasteiger partial charge < -0.3 is 19.9 Å². The van der Waals surface area contributed by atoms with E-state index in [0.29, 0.717) is 17.7 Å². The molecule has 1 amide bonds. The van der Waals surface area contributed by atoms with E-state index in [1.807, 2.05) is 0 Å². The zero-order chi connectivity index (χ0) is 15.6. The molecule has 120 valence electrons. The van der Waals surface area contributed by atoms with Crippen molar-refractivity contribution in [3.63, 3.8) is 0 Å². The molecule has 0 unspecified atom stereocenters. The summed E-state index contributed by atoms with van der Waals surface area (Å²) in [5.41, 5.74) is 1.02. The van der Waals surface area contributed by atoms with Crippen LogP contribution < -0.4 is 5.32 Å². The minimum Gasteiger partial charge on any atom is -0.508 e. The summed E-state index contributed by atoms with van der Waals surface area (Å²) < 4.78 is 11.4. The van der Waals surface area contributed by atoms with Crippen molar-refractivity contribution in [1.29, 1.82) is 0 Å². The maximum atomic E-state index is 12.5. The molecule has 2 saturated heterocycles. The number of phenolic OH excluding ortho intramolecular Hbond substituents is 1. The summed E-state index contributed by atoms with van der Waals surface area (Å²) in [5.74, 6) is 0.0306. The summed E-state index contributed by atoms with van der Waals surface area (Å²) in [5, 5.41) is 12.8. The molecule has 22 heavy (non-hydrogen) atoms. The Balaban J connectivity index is 1.67. The molecule has 2 aliphatic heterocycles. The number of rotatable bonds is 2. The fraction of sp³-hybridized carbons (Fsp3) is 0.588. The maximum Gasteiger partial charge on any atom is 0.251 e. The predicted molar refractivity (Wildman–Crippen MR) is 82.1 cm³/mol. The van der Waals surface area contributed by atoms with Gasteiger partial charge in [-0.05, 0) is 44.7 Å². The SMILES string of the molecule is Cc1c(O)cccc1C(=O)N[C@H]1CCOC2(CCOCC2)C1. The van der Waals surface area contributed by atoms with E-state index >= 15 is 0 Å². The Bertz CT molecular complexity index is 546. The molecule has 2 heterocycles. The molecule has 0 saturated carbocycles. The van der Waals surface area contributed by atoms with Gasteiger partial charge in [0.2, 0.25) is 0 Å². The van der Waals surface area contributed by atoms with Crippen molar-refractivity contribution >= 4 is 5.91 Å². The van der Waals surface area contributed by atoms with Gasteiger partial charge in [-0.3, -0.25) is 4.79 Å². The lowest BCUT2D eigenvalue weighted by atomic mass is 9.84. The molecule has 0 bridgehead atoms. The van der Waals surface area contributed by atoms with E-state index in [0.717, 1.165) is 38.9 Å². The molecule has 2 fully saturated rings. The molecule has 5 heteroatoms. The van der Waals surface area contributed by atoms with E-state index in [1.165, 1.54) is 0 Å². The van der Waals surface area contributed by atoms with E-state index < -0.39 is 0 Å². The molecule has 1 spiro atoms. The van der Waals surface area contributed by atoms with Gasteiger partial charge in [0.05, 0.1) is 5.60 Å². The highest BCUT2D eigenvalue weighted by Gasteiger charge is 2.39. The molecular weight excluding hydrogens is 282 g/mol. The fourth-order valence-corrected chi connectivity index (χ4v) is 3.38. The van der Waals surface area contributed by atoms with E-state index in [2.05, 4.69) is 5.32 Å². The van der Waals surface area contributed by atoms with Crippen molar-refractivity contribution in [2.45, 2.75) is 44.2 Å². The molecule has 0 aliphatic carbocycles. The van der Waals surface area contributed by atoms with Crippen LogP contribution in [0.25, 0.3) is 0 Å². The first-order valence-corrected chi connectivity index (χ1v) is 7.91. The Kier molecular flexibility index (Phi) is 4.36. The number of ether oxygens (including phenoxy) is 2. The summed E-state index contributed by atoms with van der Waals surface area (Å²) >= 11 is 0. The Morgan fingerprint density at radius 1 is 1.32 bits per heavy atom. The number of carbonyl (C=O) groups is 1. The van der Waals surface area contributed by atoms with Crippen molar-refractivity contribution in [2.24, 2.45) is 0 Å². The number of aromatic hydroxyl groups is 1. The second-order valence-electron chi connectivity index (χ2n) is 6.26. The van der Waals surface area contributed by atoms with Crippen molar-refractivity contribution < 1.29 is 19.4 Å². The van der Waals surface area contributed by atoms with Crippen LogP contribution in [0, 0.1) is 6.92 Å². The molecule has 1 aromatic carbocycles. The van der Waals surface area contributed by atoms with Crippen molar-refractivity contribution in [3.8, 4) is 5.75 Å². The number of amides is 1. The minimum atomic E-state index is -0.137. The van der Waals surface area contributed by atoms with Gasteiger partial charge in [-0.2, -0.15) is 0 Å².